The molecule has 0 heterocycles. The summed E-state index contributed by atoms with van der Waals surface area (Å²) in [5, 5.41) is 0. The molecule has 18 heavy (non-hydrogen) atoms. The summed E-state index contributed by atoms with van der Waals surface area (Å²) in [5.41, 5.74) is -0.427. The third kappa shape index (κ3) is 7.60. The highest BCUT2D eigenvalue weighted by molar-refractivity contribution is 5.94. The van der Waals surface area contributed by atoms with Crippen LogP contribution in [-0.4, -0.2) is 29.9 Å². The normalized spacial score (nSPS) is 10.7. The SMILES string of the molecule is C=C(C)C(=O)OC(C)(C)CCOC(=O)CC(C)=O. The van der Waals surface area contributed by atoms with Crippen molar-refractivity contribution in [2.75, 3.05) is 6.61 Å². The van der Waals surface area contributed by atoms with Gasteiger partial charge in [0.2, 0.25) is 0 Å². The Balaban J connectivity index is 4.04. The van der Waals surface area contributed by atoms with Crippen molar-refractivity contribution in [2.45, 2.75) is 46.1 Å². The summed E-state index contributed by atoms with van der Waals surface area (Å²) in [6.45, 7) is 9.89. The third-order valence-electron chi connectivity index (χ3n) is 2.08. The van der Waals surface area contributed by atoms with Gasteiger partial charge in [0.1, 0.15) is 17.8 Å². The first kappa shape index (κ1) is 16.4. The van der Waals surface area contributed by atoms with Crippen LogP contribution >= 0.6 is 0 Å². The Kier molecular flexibility index (Phi) is 6.30. The minimum absolute atomic E-state index is 0.0998. The highest BCUT2D eigenvalue weighted by Crippen LogP contribution is 2.16. The second-order valence-corrected chi connectivity index (χ2v) is 4.78. The lowest BCUT2D eigenvalue weighted by Gasteiger charge is -2.24. The van der Waals surface area contributed by atoms with Crippen molar-refractivity contribution in [3.05, 3.63) is 12.2 Å². The summed E-state index contributed by atoms with van der Waals surface area (Å²) in [6, 6.07) is 0. The molecule has 0 aromatic heterocycles. The van der Waals surface area contributed by atoms with Crippen molar-refractivity contribution in [3.8, 4) is 0 Å². The number of Topliss-reactive ketones (excluding diaryl/α,β-unsaturated/α-hetero) is 1. The van der Waals surface area contributed by atoms with Gasteiger partial charge in [0.25, 0.3) is 0 Å². The van der Waals surface area contributed by atoms with E-state index in [1.165, 1.54) is 6.92 Å². The molecule has 0 bridgehead atoms. The van der Waals surface area contributed by atoms with Gasteiger partial charge in [-0.05, 0) is 27.7 Å². The number of hydrogen-bond acceptors (Lipinski definition) is 5. The molecule has 0 aromatic carbocycles. The summed E-state index contributed by atoms with van der Waals surface area (Å²) in [4.78, 5) is 33.1. The van der Waals surface area contributed by atoms with E-state index in [0.717, 1.165) is 0 Å². The van der Waals surface area contributed by atoms with Crippen LogP contribution in [0.4, 0.5) is 0 Å². The second-order valence-electron chi connectivity index (χ2n) is 4.78. The van der Waals surface area contributed by atoms with Gasteiger partial charge >= 0.3 is 11.9 Å². The van der Waals surface area contributed by atoms with E-state index in [2.05, 4.69) is 6.58 Å². The van der Waals surface area contributed by atoms with E-state index < -0.39 is 17.5 Å². The molecule has 102 valence electrons. The zero-order valence-corrected chi connectivity index (χ0v) is 11.4. The molecule has 0 rings (SSSR count). The number of rotatable bonds is 7. The van der Waals surface area contributed by atoms with Crippen LogP contribution < -0.4 is 0 Å². The monoisotopic (exact) mass is 256 g/mol. The molecule has 0 aromatic rings. The fourth-order valence-corrected chi connectivity index (χ4v) is 1.05. The molecule has 0 atom stereocenters. The molecule has 0 aliphatic heterocycles. The maximum atomic E-state index is 11.3. The summed E-state index contributed by atoms with van der Waals surface area (Å²) in [7, 11) is 0. The molecule has 0 aliphatic rings. The summed E-state index contributed by atoms with van der Waals surface area (Å²) < 4.78 is 10.0. The van der Waals surface area contributed by atoms with Gasteiger partial charge in [-0.3, -0.25) is 9.59 Å². The van der Waals surface area contributed by atoms with Crippen molar-refractivity contribution in [3.63, 3.8) is 0 Å². The largest absolute Gasteiger partial charge is 0.465 e. The maximum absolute atomic E-state index is 11.3. The fraction of sp³-hybridized carbons (Fsp3) is 0.615. The van der Waals surface area contributed by atoms with Crippen LogP contribution in [-0.2, 0) is 23.9 Å². The molecule has 0 radical (unpaired) electrons. The molecule has 0 spiro atoms. The van der Waals surface area contributed by atoms with E-state index in [4.69, 9.17) is 9.47 Å². The minimum Gasteiger partial charge on any atom is -0.465 e. The Bertz CT molecular complexity index is 354. The maximum Gasteiger partial charge on any atom is 0.333 e. The molecule has 0 N–H and O–H groups in total. The predicted octanol–water partition coefficient (Wildman–Crippen LogP) is 1.80. The van der Waals surface area contributed by atoms with Gasteiger partial charge in [0, 0.05) is 12.0 Å². The van der Waals surface area contributed by atoms with Gasteiger partial charge in [-0.25, -0.2) is 4.79 Å². The quantitative estimate of drug-likeness (QED) is 0.394. The van der Waals surface area contributed by atoms with E-state index >= 15 is 0 Å². The number of carbonyl (C=O) groups excluding carboxylic acids is 3. The summed E-state index contributed by atoms with van der Waals surface area (Å²) >= 11 is 0. The van der Waals surface area contributed by atoms with Crippen LogP contribution in [0.3, 0.4) is 0 Å². The molecule has 0 saturated carbocycles. The fourth-order valence-electron chi connectivity index (χ4n) is 1.05. The summed E-state index contributed by atoms with van der Waals surface area (Å²) in [5.74, 6) is -1.28. The molecule has 0 amide bonds. The van der Waals surface area contributed by atoms with Gasteiger partial charge in [0.05, 0.1) is 6.61 Å². The Labute approximate surface area is 107 Å². The molecule has 5 nitrogen and oxygen atoms in total. The molecular weight excluding hydrogens is 236 g/mol. The standard InChI is InChI=1S/C13H20O5/c1-9(2)12(16)18-13(4,5)6-7-17-11(15)8-10(3)14/h1,6-8H2,2-5H3. The van der Waals surface area contributed by atoms with Gasteiger partial charge < -0.3 is 9.47 Å². The van der Waals surface area contributed by atoms with Crippen LogP contribution in [0.1, 0.15) is 40.5 Å². The van der Waals surface area contributed by atoms with Gasteiger partial charge in [-0.2, -0.15) is 0 Å². The first-order valence-corrected chi connectivity index (χ1v) is 5.68. The first-order valence-electron chi connectivity index (χ1n) is 5.68. The van der Waals surface area contributed by atoms with Crippen molar-refractivity contribution >= 4 is 17.7 Å². The van der Waals surface area contributed by atoms with Crippen molar-refractivity contribution < 1.29 is 23.9 Å². The minimum atomic E-state index is -0.744. The topological polar surface area (TPSA) is 69.7 Å². The van der Waals surface area contributed by atoms with Crippen LogP contribution in [0.2, 0.25) is 0 Å². The van der Waals surface area contributed by atoms with E-state index in [-0.39, 0.29) is 18.8 Å². The number of ketones is 1. The van der Waals surface area contributed by atoms with Crippen molar-refractivity contribution in [1.29, 1.82) is 0 Å². The van der Waals surface area contributed by atoms with E-state index in [1.54, 1.807) is 20.8 Å². The van der Waals surface area contributed by atoms with Crippen LogP contribution in [0, 0.1) is 0 Å². The number of esters is 2. The molecule has 0 saturated heterocycles. The van der Waals surface area contributed by atoms with Gasteiger partial charge in [-0.15, -0.1) is 0 Å². The van der Waals surface area contributed by atoms with E-state index in [0.29, 0.717) is 12.0 Å². The Hall–Kier alpha value is -1.65. The molecule has 0 fully saturated rings. The van der Waals surface area contributed by atoms with E-state index in [1.807, 2.05) is 0 Å². The smallest absolute Gasteiger partial charge is 0.333 e. The number of carbonyl (C=O) groups is 3. The molecular formula is C13H20O5. The zero-order valence-electron chi connectivity index (χ0n) is 11.4. The summed E-state index contributed by atoms with van der Waals surface area (Å²) in [6.07, 6.45) is 0.127. The van der Waals surface area contributed by atoms with Crippen molar-refractivity contribution in [1.82, 2.24) is 0 Å². The Morgan fingerprint density at radius 2 is 1.72 bits per heavy atom. The highest BCUT2D eigenvalue weighted by atomic mass is 16.6. The molecule has 5 heteroatoms. The number of hydrogen-bond donors (Lipinski definition) is 0. The number of ether oxygens (including phenoxy) is 2. The highest BCUT2D eigenvalue weighted by Gasteiger charge is 2.23. The van der Waals surface area contributed by atoms with Crippen molar-refractivity contribution in [2.24, 2.45) is 0 Å². The lowest BCUT2D eigenvalue weighted by molar-refractivity contribution is -0.154. The lowest BCUT2D eigenvalue weighted by Crippen LogP contribution is -2.30. The zero-order chi connectivity index (χ0) is 14.3. The predicted molar refractivity (Wildman–Crippen MR) is 65.9 cm³/mol. The van der Waals surface area contributed by atoms with Gasteiger partial charge in [-0.1, -0.05) is 6.58 Å². The first-order chi connectivity index (χ1) is 8.14. The van der Waals surface area contributed by atoms with Gasteiger partial charge in [0.15, 0.2) is 0 Å². The lowest BCUT2D eigenvalue weighted by atomic mass is 10.1. The second kappa shape index (κ2) is 6.93. The molecule has 0 aliphatic carbocycles. The average Bonchev–Trinajstić information content (AvgIpc) is 2.14. The van der Waals surface area contributed by atoms with E-state index in [9.17, 15) is 14.4 Å². The Morgan fingerprint density at radius 1 is 1.17 bits per heavy atom. The molecule has 0 unspecified atom stereocenters. The Morgan fingerprint density at radius 3 is 2.17 bits per heavy atom. The van der Waals surface area contributed by atoms with Crippen LogP contribution in [0.25, 0.3) is 0 Å². The third-order valence-corrected chi connectivity index (χ3v) is 2.08. The average molecular weight is 256 g/mol. The van der Waals surface area contributed by atoms with Crippen LogP contribution in [0.5, 0.6) is 0 Å². The van der Waals surface area contributed by atoms with Crippen LogP contribution in [0.15, 0.2) is 12.2 Å².